The Bertz CT molecular complexity index is 1050. The Morgan fingerprint density at radius 3 is 2.83 bits per heavy atom. The summed E-state index contributed by atoms with van der Waals surface area (Å²) in [6, 6.07) is 8.89. The first kappa shape index (κ1) is 15.2. The van der Waals surface area contributed by atoms with Crippen LogP contribution in [0.5, 0.6) is 0 Å². The van der Waals surface area contributed by atoms with E-state index in [4.69, 9.17) is 11.6 Å². The van der Waals surface area contributed by atoms with Crippen molar-refractivity contribution in [2.24, 2.45) is 0 Å². The van der Waals surface area contributed by atoms with Gasteiger partial charge in [0.05, 0.1) is 5.02 Å². The molecule has 0 atom stereocenters. The first-order valence-corrected chi connectivity index (χ1v) is 10.4. The summed E-state index contributed by atoms with van der Waals surface area (Å²) in [4.78, 5) is 8.48. The van der Waals surface area contributed by atoms with Crippen molar-refractivity contribution in [3.63, 3.8) is 0 Å². The normalized spacial score (nSPS) is 11.4. The van der Waals surface area contributed by atoms with E-state index in [1.54, 1.807) is 12.3 Å². The number of hydrogen-bond donors (Lipinski definition) is 0. The lowest BCUT2D eigenvalue weighted by atomic mass is 10.0. The maximum atomic E-state index is 14.5. The van der Waals surface area contributed by atoms with Crippen molar-refractivity contribution in [1.29, 1.82) is 0 Å². The molecule has 1 aromatic carbocycles. The molecule has 0 unspecified atom stereocenters. The van der Waals surface area contributed by atoms with Crippen molar-refractivity contribution >= 4 is 63.9 Å². The smallest absolute Gasteiger partial charge is 0.151 e. The molecule has 0 aliphatic rings. The van der Waals surface area contributed by atoms with Crippen molar-refractivity contribution in [2.45, 2.75) is 0 Å². The monoisotopic (exact) mass is 455 g/mol. The Hall–Kier alpha value is -1.38. The van der Waals surface area contributed by atoms with E-state index < -0.39 is 0 Å². The summed E-state index contributed by atoms with van der Waals surface area (Å²) >= 11 is 8.40. The molecule has 3 nitrogen and oxygen atoms in total. The number of halogens is 3. The molecule has 0 aliphatic heterocycles. The summed E-state index contributed by atoms with van der Waals surface area (Å²) in [7, 11) is 1.52. The average Bonchev–Trinajstić information content (AvgIpc) is 2.94. The molecule has 0 bridgehead atoms. The summed E-state index contributed by atoms with van der Waals surface area (Å²) in [5.41, 5.74) is 2.80. The van der Waals surface area contributed by atoms with Crippen molar-refractivity contribution in [3.8, 4) is 11.1 Å². The highest BCUT2D eigenvalue weighted by Gasteiger charge is 2.14. The van der Waals surface area contributed by atoms with Crippen LogP contribution in [0.2, 0.25) is 5.02 Å². The van der Waals surface area contributed by atoms with Crippen molar-refractivity contribution < 1.29 is 4.39 Å². The fourth-order valence-electron chi connectivity index (χ4n) is 2.65. The molecule has 0 amide bonds. The third kappa shape index (κ3) is 2.49. The van der Waals surface area contributed by atoms with Crippen molar-refractivity contribution in [3.05, 3.63) is 59.8 Å². The van der Waals surface area contributed by atoms with Crippen LogP contribution < -0.4 is 0 Å². The van der Waals surface area contributed by atoms with Crippen LogP contribution in [0.25, 0.3) is 33.1 Å². The molecule has 23 heavy (non-hydrogen) atoms. The van der Waals surface area contributed by atoms with E-state index in [2.05, 4.69) is 31.2 Å². The van der Waals surface area contributed by atoms with Gasteiger partial charge in [-0.3, -0.25) is 8.96 Å². The standard InChI is InChI=1S/C16H8ClFIN3S/c17-13-3-5-20-15-11(13)6-9(7-14(15)18)12-8-22(23-19)16-10(12)2-1-4-21-16/h1-8H. The highest BCUT2D eigenvalue weighted by Crippen LogP contribution is 2.36. The van der Waals surface area contributed by atoms with Gasteiger partial charge in [-0.15, -0.1) is 0 Å². The fourth-order valence-corrected chi connectivity index (χ4v) is 4.11. The van der Waals surface area contributed by atoms with Crippen LogP contribution in [-0.4, -0.2) is 13.9 Å². The summed E-state index contributed by atoms with van der Waals surface area (Å²) in [6.45, 7) is 0. The van der Waals surface area contributed by atoms with Gasteiger partial charge in [-0.25, -0.2) is 9.37 Å². The van der Waals surface area contributed by atoms with Gasteiger partial charge in [0.2, 0.25) is 0 Å². The second kappa shape index (κ2) is 5.92. The number of fused-ring (bicyclic) bond motifs is 2. The Morgan fingerprint density at radius 1 is 1.13 bits per heavy atom. The van der Waals surface area contributed by atoms with E-state index in [-0.39, 0.29) is 11.3 Å². The summed E-state index contributed by atoms with van der Waals surface area (Å²) in [6.07, 6.45) is 5.22. The van der Waals surface area contributed by atoms with E-state index in [0.717, 1.165) is 22.2 Å². The number of nitrogens with zero attached hydrogens (tertiary/aromatic N) is 3. The second-order valence-electron chi connectivity index (χ2n) is 4.96. The Morgan fingerprint density at radius 2 is 2.00 bits per heavy atom. The fraction of sp³-hybridized carbons (Fsp3) is 0. The molecule has 0 spiro atoms. The largest absolute Gasteiger partial charge is 0.265 e. The number of pyridine rings is 2. The molecule has 0 aliphatic carbocycles. The average molecular weight is 456 g/mol. The minimum absolute atomic E-state index is 0.284. The van der Waals surface area contributed by atoms with E-state index in [1.165, 1.54) is 21.4 Å². The van der Waals surface area contributed by atoms with E-state index in [1.807, 2.05) is 28.4 Å². The van der Waals surface area contributed by atoms with Gasteiger partial charge < -0.3 is 0 Å². The summed E-state index contributed by atoms with van der Waals surface area (Å²) in [5.74, 6) is -0.382. The van der Waals surface area contributed by atoms with Gasteiger partial charge >= 0.3 is 0 Å². The molecule has 7 heteroatoms. The molecule has 0 saturated heterocycles. The quantitative estimate of drug-likeness (QED) is 0.353. The lowest BCUT2D eigenvalue weighted by molar-refractivity contribution is 0.637. The predicted molar refractivity (Wildman–Crippen MR) is 102 cm³/mol. The molecule has 0 radical (unpaired) electrons. The van der Waals surface area contributed by atoms with Gasteiger partial charge in [0, 0.05) is 65.3 Å². The molecule has 4 rings (SSSR count). The first-order chi connectivity index (χ1) is 11.2. The molecule has 0 N–H and O–H groups in total. The second-order valence-corrected chi connectivity index (χ2v) is 7.08. The molecule has 0 saturated carbocycles. The molecular formula is C16H8ClFIN3S. The number of benzene rings is 1. The molecule has 3 heterocycles. The highest BCUT2D eigenvalue weighted by molar-refractivity contribution is 14.2. The first-order valence-electron chi connectivity index (χ1n) is 6.68. The Labute approximate surface area is 152 Å². The maximum absolute atomic E-state index is 14.5. The van der Waals surface area contributed by atoms with Crippen LogP contribution >= 0.6 is 41.9 Å². The van der Waals surface area contributed by atoms with Gasteiger partial charge in [0.25, 0.3) is 0 Å². The van der Waals surface area contributed by atoms with Gasteiger partial charge in [0.1, 0.15) is 11.3 Å². The van der Waals surface area contributed by atoms with Crippen LogP contribution in [-0.2, 0) is 0 Å². The van der Waals surface area contributed by atoms with E-state index in [9.17, 15) is 4.39 Å². The van der Waals surface area contributed by atoms with E-state index >= 15 is 0 Å². The molecule has 3 aromatic heterocycles. The van der Waals surface area contributed by atoms with E-state index in [0.29, 0.717) is 10.4 Å². The van der Waals surface area contributed by atoms with Crippen molar-refractivity contribution in [1.82, 2.24) is 13.9 Å². The Balaban J connectivity index is 2.05. The summed E-state index contributed by atoms with van der Waals surface area (Å²) in [5, 5.41) is 2.06. The van der Waals surface area contributed by atoms with Crippen LogP contribution in [0.4, 0.5) is 4.39 Å². The topological polar surface area (TPSA) is 30.7 Å². The van der Waals surface area contributed by atoms with Crippen LogP contribution in [0.15, 0.2) is 48.9 Å². The van der Waals surface area contributed by atoms with Crippen LogP contribution in [0, 0.1) is 5.82 Å². The molecule has 114 valence electrons. The zero-order valence-corrected chi connectivity index (χ0v) is 15.2. The maximum Gasteiger partial charge on any atom is 0.151 e. The zero-order valence-electron chi connectivity index (χ0n) is 11.5. The van der Waals surface area contributed by atoms with Gasteiger partial charge in [-0.1, -0.05) is 11.6 Å². The molecule has 4 aromatic rings. The predicted octanol–water partition coefficient (Wildman–Crippen LogP) is 5.89. The molecule has 0 fully saturated rings. The third-order valence-electron chi connectivity index (χ3n) is 3.66. The third-order valence-corrected chi connectivity index (χ3v) is 5.69. The van der Waals surface area contributed by atoms with Crippen molar-refractivity contribution in [2.75, 3.05) is 0 Å². The van der Waals surface area contributed by atoms with Gasteiger partial charge in [-0.2, -0.15) is 0 Å². The van der Waals surface area contributed by atoms with Gasteiger partial charge in [-0.05, 0) is 35.9 Å². The van der Waals surface area contributed by atoms with Crippen LogP contribution in [0.1, 0.15) is 0 Å². The number of aromatic nitrogens is 3. The Kier molecular flexibility index (Phi) is 3.90. The minimum Gasteiger partial charge on any atom is -0.265 e. The lowest BCUT2D eigenvalue weighted by Crippen LogP contribution is -1.87. The SMILES string of the molecule is Fc1cc(-c2cn(SI)c3ncccc23)cc2c(Cl)ccnc12. The van der Waals surface area contributed by atoms with Gasteiger partial charge in [0.15, 0.2) is 5.65 Å². The number of rotatable bonds is 2. The lowest BCUT2D eigenvalue weighted by Gasteiger charge is -2.05. The minimum atomic E-state index is -0.382. The number of hydrogen-bond acceptors (Lipinski definition) is 3. The highest BCUT2D eigenvalue weighted by atomic mass is 127. The van der Waals surface area contributed by atoms with Crippen LogP contribution in [0.3, 0.4) is 0 Å². The summed E-state index contributed by atoms with van der Waals surface area (Å²) < 4.78 is 16.4. The molecular weight excluding hydrogens is 448 g/mol. The zero-order chi connectivity index (χ0) is 16.0.